The number of hydrogen-bond acceptors (Lipinski definition) is 2. The van der Waals surface area contributed by atoms with Crippen LogP contribution < -0.4 is 5.73 Å². The Bertz CT molecular complexity index is 522. The maximum absolute atomic E-state index is 13.3. The van der Waals surface area contributed by atoms with Gasteiger partial charge in [0.15, 0.2) is 0 Å². The molecule has 1 aliphatic carbocycles. The van der Waals surface area contributed by atoms with E-state index in [-0.39, 0.29) is 11.7 Å². The zero-order valence-electron chi connectivity index (χ0n) is 13.1. The lowest BCUT2D eigenvalue weighted by atomic mass is 9.77. The van der Waals surface area contributed by atoms with Gasteiger partial charge in [0.1, 0.15) is 5.82 Å². The van der Waals surface area contributed by atoms with Gasteiger partial charge in [0.2, 0.25) is 5.91 Å². The molecular formula is C18H25FN2O. The first kappa shape index (κ1) is 15.5. The standard InChI is InChI=1S/C18H25FN2O/c19-16-7-5-15(6-8-16)18(9-1-2-10-18)17(22)21-11-3-4-14(12-20)13-21/h5-8,14H,1-4,9-13,20H2. The molecule has 1 aromatic carbocycles. The van der Waals surface area contributed by atoms with Gasteiger partial charge in [-0.15, -0.1) is 0 Å². The summed E-state index contributed by atoms with van der Waals surface area (Å²) in [5, 5.41) is 0. The molecule has 1 amide bonds. The van der Waals surface area contributed by atoms with Crippen molar-refractivity contribution in [2.45, 2.75) is 43.9 Å². The van der Waals surface area contributed by atoms with Crippen molar-refractivity contribution in [1.82, 2.24) is 4.90 Å². The lowest BCUT2D eigenvalue weighted by molar-refractivity contribution is -0.139. The summed E-state index contributed by atoms with van der Waals surface area (Å²) in [7, 11) is 0. The Balaban J connectivity index is 1.87. The van der Waals surface area contributed by atoms with E-state index in [1.165, 1.54) is 12.1 Å². The zero-order chi connectivity index (χ0) is 15.6. The van der Waals surface area contributed by atoms with Gasteiger partial charge in [-0.3, -0.25) is 4.79 Å². The van der Waals surface area contributed by atoms with E-state index in [0.717, 1.165) is 57.2 Å². The number of likely N-dealkylation sites (tertiary alicyclic amines) is 1. The first-order valence-corrected chi connectivity index (χ1v) is 8.41. The van der Waals surface area contributed by atoms with E-state index >= 15 is 0 Å². The molecule has 1 saturated carbocycles. The molecule has 1 unspecified atom stereocenters. The van der Waals surface area contributed by atoms with Crippen molar-refractivity contribution in [3.8, 4) is 0 Å². The normalized spacial score (nSPS) is 24.5. The van der Waals surface area contributed by atoms with Crippen molar-refractivity contribution in [3.63, 3.8) is 0 Å². The van der Waals surface area contributed by atoms with Gasteiger partial charge < -0.3 is 10.6 Å². The minimum Gasteiger partial charge on any atom is -0.342 e. The Hall–Kier alpha value is -1.42. The van der Waals surface area contributed by atoms with Crippen LogP contribution >= 0.6 is 0 Å². The van der Waals surface area contributed by atoms with Gasteiger partial charge >= 0.3 is 0 Å². The highest BCUT2D eigenvalue weighted by Gasteiger charge is 2.45. The summed E-state index contributed by atoms with van der Waals surface area (Å²) in [6.45, 7) is 2.25. The average Bonchev–Trinajstić information content (AvgIpc) is 3.05. The van der Waals surface area contributed by atoms with Crippen molar-refractivity contribution >= 4 is 5.91 Å². The second-order valence-electron chi connectivity index (χ2n) is 6.79. The van der Waals surface area contributed by atoms with E-state index < -0.39 is 5.41 Å². The number of carbonyl (C=O) groups is 1. The largest absolute Gasteiger partial charge is 0.342 e. The van der Waals surface area contributed by atoms with Gasteiger partial charge in [-0.05, 0) is 55.8 Å². The predicted octanol–water partition coefficient (Wildman–Crippen LogP) is 2.83. The fraction of sp³-hybridized carbons (Fsp3) is 0.611. The Morgan fingerprint density at radius 2 is 1.91 bits per heavy atom. The number of carbonyl (C=O) groups excluding carboxylic acids is 1. The van der Waals surface area contributed by atoms with Crippen LogP contribution in [0.1, 0.15) is 44.1 Å². The van der Waals surface area contributed by atoms with E-state index in [2.05, 4.69) is 0 Å². The molecule has 1 saturated heterocycles. The van der Waals surface area contributed by atoms with E-state index in [9.17, 15) is 9.18 Å². The van der Waals surface area contributed by atoms with Crippen molar-refractivity contribution in [1.29, 1.82) is 0 Å². The third-order valence-electron chi connectivity index (χ3n) is 5.40. The molecule has 2 N–H and O–H groups in total. The molecule has 1 atom stereocenters. The highest BCUT2D eigenvalue weighted by molar-refractivity contribution is 5.88. The molecule has 1 aliphatic heterocycles. The van der Waals surface area contributed by atoms with Crippen LogP contribution in [0.25, 0.3) is 0 Å². The van der Waals surface area contributed by atoms with Crippen LogP contribution in [0.5, 0.6) is 0 Å². The number of piperidine rings is 1. The summed E-state index contributed by atoms with van der Waals surface area (Å²) in [5.74, 6) is 0.407. The molecule has 22 heavy (non-hydrogen) atoms. The van der Waals surface area contributed by atoms with Gasteiger partial charge in [0.05, 0.1) is 5.41 Å². The summed E-state index contributed by atoms with van der Waals surface area (Å²) < 4.78 is 13.2. The fourth-order valence-corrected chi connectivity index (χ4v) is 4.12. The Kier molecular flexibility index (Phi) is 4.48. The smallest absolute Gasteiger partial charge is 0.233 e. The van der Waals surface area contributed by atoms with Gasteiger partial charge in [-0.25, -0.2) is 4.39 Å². The number of halogens is 1. The lowest BCUT2D eigenvalue weighted by Crippen LogP contribution is -2.50. The highest BCUT2D eigenvalue weighted by Crippen LogP contribution is 2.43. The molecule has 2 aliphatic rings. The maximum atomic E-state index is 13.3. The number of benzene rings is 1. The van der Waals surface area contributed by atoms with Crippen molar-refractivity contribution in [2.24, 2.45) is 11.7 Å². The Morgan fingerprint density at radius 1 is 1.23 bits per heavy atom. The summed E-state index contributed by atoms with van der Waals surface area (Å²) in [4.78, 5) is 15.3. The van der Waals surface area contributed by atoms with Crippen molar-refractivity contribution < 1.29 is 9.18 Å². The number of nitrogens with zero attached hydrogens (tertiary/aromatic N) is 1. The van der Waals surface area contributed by atoms with Gasteiger partial charge in [0, 0.05) is 13.1 Å². The average molecular weight is 304 g/mol. The zero-order valence-corrected chi connectivity index (χ0v) is 13.1. The molecule has 1 aromatic rings. The molecular weight excluding hydrogens is 279 g/mol. The number of nitrogens with two attached hydrogens (primary N) is 1. The molecule has 3 rings (SSSR count). The Labute approximate surface area is 131 Å². The summed E-state index contributed by atoms with van der Waals surface area (Å²) in [6.07, 6.45) is 6.04. The first-order valence-electron chi connectivity index (χ1n) is 8.41. The van der Waals surface area contributed by atoms with Crippen LogP contribution in [-0.2, 0) is 10.2 Å². The second-order valence-corrected chi connectivity index (χ2v) is 6.79. The number of hydrogen-bond donors (Lipinski definition) is 1. The molecule has 120 valence electrons. The van der Waals surface area contributed by atoms with Crippen LogP contribution in [0.4, 0.5) is 4.39 Å². The van der Waals surface area contributed by atoms with E-state index in [1.54, 1.807) is 12.1 Å². The third-order valence-corrected chi connectivity index (χ3v) is 5.40. The summed E-state index contributed by atoms with van der Waals surface area (Å²) in [6, 6.07) is 6.54. The van der Waals surface area contributed by atoms with Crippen LogP contribution in [0.2, 0.25) is 0 Å². The maximum Gasteiger partial charge on any atom is 0.233 e. The second kappa shape index (κ2) is 6.37. The molecule has 0 aromatic heterocycles. The number of rotatable bonds is 3. The quantitative estimate of drug-likeness (QED) is 0.933. The van der Waals surface area contributed by atoms with E-state index in [0.29, 0.717) is 12.5 Å². The number of amides is 1. The van der Waals surface area contributed by atoms with Gasteiger partial charge in [-0.2, -0.15) is 0 Å². The molecule has 2 fully saturated rings. The van der Waals surface area contributed by atoms with Gasteiger partial charge in [0.25, 0.3) is 0 Å². The monoisotopic (exact) mass is 304 g/mol. The summed E-state index contributed by atoms with van der Waals surface area (Å²) >= 11 is 0. The highest BCUT2D eigenvalue weighted by atomic mass is 19.1. The minimum absolute atomic E-state index is 0.231. The predicted molar refractivity (Wildman–Crippen MR) is 84.9 cm³/mol. The van der Waals surface area contributed by atoms with Crippen LogP contribution in [0.15, 0.2) is 24.3 Å². The van der Waals surface area contributed by atoms with Crippen molar-refractivity contribution in [3.05, 3.63) is 35.6 Å². The van der Waals surface area contributed by atoms with Crippen LogP contribution in [0.3, 0.4) is 0 Å². The van der Waals surface area contributed by atoms with Crippen molar-refractivity contribution in [2.75, 3.05) is 19.6 Å². The Morgan fingerprint density at radius 3 is 2.55 bits per heavy atom. The molecule has 0 bridgehead atoms. The molecule has 0 spiro atoms. The molecule has 4 heteroatoms. The van der Waals surface area contributed by atoms with E-state index in [4.69, 9.17) is 5.73 Å². The molecule has 3 nitrogen and oxygen atoms in total. The topological polar surface area (TPSA) is 46.3 Å². The van der Waals surface area contributed by atoms with E-state index in [1.807, 2.05) is 4.90 Å². The lowest BCUT2D eigenvalue weighted by Gasteiger charge is -2.39. The fourth-order valence-electron chi connectivity index (χ4n) is 4.12. The third kappa shape index (κ3) is 2.76. The summed E-state index contributed by atoms with van der Waals surface area (Å²) in [5.41, 5.74) is 6.34. The first-order chi connectivity index (χ1) is 10.7. The van der Waals surface area contributed by atoms with Gasteiger partial charge in [-0.1, -0.05) is 25.0 Å². The van der Waals surface area contributed by atoms with Crippen LogP contribution in [0, 0.1) is 11.7 Å². The molecule has 1 heterocycles. The SMILES string of the molecule is NCC1CCCN(C(=O)C2(c3ccc(F)cc3)CCCC2)C1. The van der Waals surface area contributed by atoms with Crippen LogP contribution in [-0.4, -0.2) is 30.4 Å². The molecule has 0 radical (unpaired) electrons. The minimum atomic E-state index is -0.440.